The van der Waals surface area contributed by atoms with Crippen LogP contribution >= 0.6 is 0 Å². The molecule has 1 aliphatic heterocycles. The molecule has 2 aromatic rings. The van der Waals surface area contributed by atoms with Gasteiger partial charge in [-0.2, -0.15) is 0 Å². The Kier molecular flexibility index (Phi) is 3.22. The molecule has 0 radical (unpaired) electrons. The summed E-state index contributed by atoms with van der Waals surface area (Å²) in [4.78, 5) is 12.4. The van der Waals surface area contributed by atoms with Gasteiger partial charge in [-0.15, -0.1) is 0 Å². The van der Waals surface area contributed by atoms with Gasteiger partial charge in [0.25, 0.3) is 0 Å². The van der Waals surface area contributed by atoms with Crippen molar-refractivity contribution in [2.24, 2.45) is 5.92 Å². The predicted octanol–water partition coefficient (Wildman–Crippen LogP) is 2.36. The Bertz CT molecular complexity index is 823. The van der Waals surface area contributed by atoms with Gasteiger partial charge in [0.05, 0.1) is 17.2 Å². The van der Waals surface area contributed by atoms with Crippen molar-refractivity contribution in [3.63, 3.8) is 0 Å². The maximum atomic E-state index is 12.4. The second-order valence-electron chi connectivity index (χ2n) is 6.81. The smallest absolute Gasteiger partial charge is 0.231 e. The number of fused-ring (bicyclic) bond motifs is 2. The average Bonchev–Trinajstić information content (AvgIpc) is 3.10. The Morgan fingerprint density at radius 2 is 2.08 bits per heavy atom. The van der Waals surface area contributed by atoms with Gasteiger partial charge in [-0.05, 0) is 38.5 Å². The number of Topliss-reactive ketones (excluding diaryl/α,β-unsaturated/α-hetero) is 1. The highest BCUT2D eigenvalue weighted by atomic mass is 16.7. The van der Waals surface area contributed by atoms with Crippen LogP contribution in [-0.2, 0) is 11.2 Å². The first-order valence-corrected chi connectivity index (χ1v) is 7.96. The Hall–Kier alpha value is -2.34. The quantitative estimate of drug-likeness (QED) is 0.911. The van der Waals surface area contributed by atoms with E-state index in [9.17, 15) is 9.90 Å². The highest BCUT2D eigenvalue weighted by Gasteiger charge is 2.49. The van der Waals surface area contributed by atoms with Gasteiger partial charge in [0.2, 0.25) is 6.79 Å². The summed E-state index contributed by atoms with van der Waals surface area (Å²) in [5, 5.41) is 15.0. The average molecular weight is 329 g/mol. The Morgan fingerprint density at radius 1 is 1.33 bits per heavy atom. The lowest BCUT2D eigenvalue weighted by Crippen LogP contribution is -2.48. The molecule has 6 heteroatoms. The summed E-state index contributed by atoms with van der Waals surface area (Å²) in [5.74, 6) is 1.03. The van der Waals surface area contributed by atoms with Crippen molar-refractivity contribution in [3.8, 4) is 11.5 Å². The molecule has 1 aromatic heterocycles. The third-order valence-electron chi connectivity index (χ3n) is 5.02. The topological polar surface area (TPSA) is 81.8 Å². The van der Waals surface area contributed by atoms with Crippen LogP contribution in [0.2, 0.25) is 0 Å². The summed E-state index contributed by atoms with van der Waals surface area (Å²) < 4.78 is 16.2. The fourth-order valence-corrected chi connectivity index (χ4v) is 4.06. The first-order chi connectivity index (χ1) is 11.4. The Morgan fingerprint density at radius 3 is 2.83 bits per heavy atom. The molecule has 1 N–H and O–H groups in total. The zero-order valence-electron chi connectivity index (χ0n) is 13.8. The Labute approximate surface area is 139 Å². The maximum absolute atomic E-state index is 12.4. The minimum absolute atomic E-state index is 0.0612. The van der Waals surface area contributed by atoms with Gasteiger partial charge >= 0.3 is 0 Å². The normalized spacial score (nSPS) is 27.8. The molecule has 6 nitrogen and oxygen atoms in total. The van der Waals surface area contributed by atoms with Gasteiger partial charge in [-0.1, -0.05) is 11.2 Å². The summed E-state index contributed by atoms with van der Waals surface area (Å²) in [6.45, 7) is 5.23. The molecule has 0 amide bonds. The van der Waals surface area contributed by atoms with E-state index in [0.29, 0.717) is 29.4 Å². The van der Waals surface area contributed by atoms with Gasteiger partial charge in [0.1, 0.15) is 11.5 Å². The van der Waals surface area contributed by atoms with E-state index in [1.807, 2.05) is 25.1 Å². The predicted molar refractivity (Wildman–Crippen MR) is 84.1 cm³/mol. The van der Waals surface area contributed by atoms with Gasteiger partial charge in [0.15, 0.2) is 11.5 Å². The fourth-order valence-electron chi connectivity index (χ4n) is 4.06. The largest absolute Gasteiger partial charge is 0.454 e. The van der Waals surface area contributed by atoms with E-state index < -0.39 is 11.5 Å². The number of ether oxygens (including phenoxy) is 2. The number of carbonyl (C=O) groups excluding carboxylic acids is 1. The molecule has 0 saturated heterocycles. The number of aryl methyl sites for hydroxylation is 1. The van der Waals surface area contributed by atoms with Crippen molar-refractivity contribution in [2.45, 2.75) is 38.7 Å². The number of nitrogens with zero attached hydrogens (tertiary/aromatic N) is 1. The summed E-state index contributed by atoms with van der Waals surface area (Å²) >= 11 is 0. The third-order valence-corrected chi connectivity index (χ3v) is 5.02. The number of hydrogen-bond donors (Lipinski definition) is 1. The summed E-state index contributed by atoms with van der Waals surface area (Å²) in [6.07, 6.45) is 0.297. The molecular formula is C18H19NO5. The van der Waals surface area contributed by atoms with Crippen LogP contribution in [0.1, 0.15) is 42.3 Å². The first-order valence-electron chi connectivity index (χ1n) is 7.96. The lowest BCUT2D eigenvalue weighted by molar-refractivity contribution is -0.130. The van der Waals surface area contributed by atoms with E-state index in [1.165, 1.54) is 6.92 Å². The van der Waals surface area contributed by atoms with Crippen molar-refractivity contribution in [1.82, 2.24) is 5.16 Å². The van der Waals surface area contributed by atoms with E-state index in [1.54, 1.807) is 6.92 Å². The zero-order chi connectivity index (χ0) is 17.1. The van der Waals surface area contributed by atoms with Crippen LogP contribution in [0.5, 0.6) is 11.5 Å². The molecule has 2 aliphatic rings. The zero-order valence-corrected chi connectivity index (χ0v) is 13.8. The number of carbonyl (C=O) groups is 1. The second-order valence-corrected chi connectivity index (χ2v) is 6.81. The molecule has 2 heterocycles. The van der Waals surface area contributed by atoms with Crippen LogP contribution in [0.15, 0.2) is 22.7 Å². The fraction of sp³-hybridized carbons (Fsp3) is 0.444. The van der Waals surface area contributed by atoms with Crippen molar-refractivity contribution >= 4 is 5.78 Å². The van der Waals surface area contributed by atoms with Crippen molar-refractivity contribution in [1.29, 1.82) is 0 Å². The molecule has 0 saturated carbocycles. The molecule has 0 spiro atoms. The van der Waals surface area contributed by atoms with Crippen LogP contribution in [0.25, 0.3) is 0 Å². The van der Waals surface area contributed by atoms with E-state index in [-0.39, 0.29) is 18.5 Å². The molecular weight excluding hydrogens is 310 g/mol. The SMILES string of the molecule is CC(=O)[C@H]1[C@H](c2ccc3c(c2)OCO3)c2c(noc2C)C[C@@]1(C)O. The van der Waals surface area contributed by atoms with Crippen molar-refractivity contribution in [3.05, 3.63) is 40.8 Å². The second kappa shape index (κ2) is 5.08. The van der Waals surface area contributed by atoms with E-state index in [4.69, 9.17) is 14.0 Å². The van der Waals surface area contributed by atoms with E-state index >= 15 is 0 Å². The summed E-state index contributed by atoms with van der Waals surface area (Å²) in [6, 6.07) is 5.62. The lowest BCUT2D eigenvalue weighted by Gasteiger charge is -2.40. The highest BCUT2D eigenvalue weighted by molar-refractivity contribution is 5.82. The highest BCUT2D eigenvalue weighted by Crippen LogP contribution is 2.48. The molecule has 126 valence electrons. The van der Waals surface area contributed by atoms with Gasteiger partial charge < -0.3 is 19.1 Å². The van der Waals surface area contributed by atoms with E-state index in [2.05, 4.69) is 5.16 Å². The third kappa shape index (κ3) is 2.13. The number of aliphatic hydroxyl groups is 1. The number of benzene rings is 1. The van der Waals surface area contributed by atoms with Crippen LogP contribution in [0, 0.1) is 12.8 Å². The molecule has 24 heavy (non-hydrogen) atoms. The van der Waals surface area contributed by atoms with Gasteiger partial charge in [-0.25, -0.2) is 0 Å². The monoisotopic (exact) mass is 329 g/mol. The first kappa shape index (κ1) is 15.2. The maximum Gasteiger partial charge on any atom is 0.231 e. The standard InChI is InChI=1S/C18H19NO5/c1-9(20)17-16(11-4-5-13-14(6-11)23-8-22-13)15-10(2)24-19-12(15)7-18(17,3)21/h4-6,16-17,21H,7-8H2,1-3H3/t16-,17+,18-/m1/s1. The lowest BCUT2D eigenvalue weighted by atomic mass is 9.64. The van der Waals surface area contributed by atoms with Gasteiger partial charge in [-0.3, -0.25) is 4.79 Å². The number of rotatable bonds is 2. The molecule has 0 unspecified atom stereocenters. The van der Waals surface area contributed by atoms with Crippen LogP contribution in [0.3, 0.4) is 0 Å². The molecule has 0 bridgehead atoms. The Balaban J connectivity index is 1.92. The van der Waals surface area contributed by atoms with Crippen molar-refractivity contribution < 1.29 is 23.9 Å². The number of hydrogen-bond acceptors (Lipinski definition) is 6. The molecule has 1 aliphatic carbocycles. The van der Waals surface area contributed by atoms with E-state index in [0.717, 1.165) is 11.1 Å². The number of aromatic nitrogens is 1. The van der Waals surface area contributed by atoms with Gasteiger partial charge in [0, 0.05) is 17.9 Å². The molecule has 4 rings (SSSR count). The minimum atomic E-state index is -1.19. The molecule has 0 fully saturated rings. The molecule has 1 aromatic carbocycles. The summed E-state index contributed by atoms with van der Waals surface area (Å²) in [5.41, 5.74) is 1.29. The minimum Gasteiger partial charge on any atom is -0.454 e. The number of ketones is 1. The van der Waals surface area contributed by atoms with Crippen molar-refractivity contribution in [2.75, 3.05) is 6.79 Å². The molecule has 3 atom stereocenters. The van der Waals surface area contributed by atoms with Crippen LogP contribution in [-0.4, -0.2) is 28.4 Å². The van der Waals surface area contributed by atoms with Crippen LogP contribution < -0.4 is 9.47 Å². The summed E-state index contributed by atoms with van der Waals surface area (Å²) in [7, 11) is 0. The van der Waals surface area contributed by atoms with Crippen LogP contribution in [0.4, 0.5) is 0 Å².